The molecule has 80 valence electrons. The number of thioether (sulfide) groups is 2. The molecule has 0 amide bonds. The Morgan fingerprint density at radius 3 is 3.33 bits per heavy atom. The maximum Gasteiger partial charge on any atom is 0.122 e. The Labute approximate surface area is 98.5 Å². The van der Waals surface area contributed by atoms with Gasteiger partial charge in [0.1, 0.15) is 5.75 Å². The van der Waals surface area contributed by atoms with E-state index in [2.05, 4.69) is 16.5 Å². The maximum absolute atomic E-state index is 5.16. The van der Waals surface area contributed by atoms with Gasteiger partial charge in [-0.3, -0.25) is 4.98 Å². The predicted molar refractivity (Wildman–Crippen MR) is 67.2 cm³/mol. The van der Waals surface area contributed by atoms with Crippen LogP contribution >= 0.6 is 23.5 Å². The molecule has 2 nitrogen and oxygen atoms in total. The van der Waals surface area contributed by atoms with Gasteiger partial charge in [0.2, 0.25) is 0 Å². The van der Waals surface area contributed by atoms with E-state index in [9.17, 15) is 0 Å². The molecule has 15 heavy (non-hydrogen) atoms. The normalized spacial score (nSPS) is 19.4. The van der Waals surface area contributed by atoms with Crippen LogP contribution in [0.3, 0.4) is 0 Å². The van der Waals surface area contributed by atoms with Gasteiger partial charge in [-0.15, -0.1) is 23.5 Å². The van der Waals surface area contributed by atoms with Crippen LogP contribution < -0.4 is 4.74 Å². The van der Waals surface area contributed by atoms with Crippen LogP contribution in [0.1, 0.15) is 12.1 Å². The number of ether oxygens (including phenoxy) is 1. The molecule has 1 aromatic rings. The Hall–Kier alpha value is -0.610. The first-order valence-electron chi connectivity index (χ1n) is 4.79. The van der Waals surface area contributed by atoms with Crippen molar-refractivity contribution in [3.63, 3.8) is 0 Å². The zero-order chi connectivity index (χ0) is 10.5. The molecule has 0 bridgehead atoms. The third-order valence-electron chi connectivity index (χ3n) is 2.10. The van der Waals surface area contributed by atoms with Crippen LogP contribution in [-0.2, 0) is 5.75 Å². The van der Waals surface area contributed by atoms with Gasteiger partial charge < -0.3 is 4.74 Å². The Balaban J connectivity index is 1.87. The van der Waals surface area contributed by atoms with Crippen molar-refractivity contribution in [2.45, 2.75) is 16.8 Å². The first-order chi connectivity index (χ1) is 7.38. The summed E-state index contributed by atoms with van der Waals surface area (Å²) in [7, 11) is 1.68. The SMILES string of the molecule is COc1ccnc(CSC2CC=CS2)c1. The number of hydrogen-bond donors (Lipinski definition) is 0. The highest BCUT2D eigenvalue weighted by Crippen LogP contribution is 2.34. The molecule has 1 atom stereocenters. The molecule has 0 N–H and O–H groups in total. The Kier molecular flexibility index (Phi) is 3.97. The molecule has 0 spiro atoms. The Bertz CT molecular complexity index is 346. The molecule has 2 rings (SSSR count). The van der Waals surface area contributed by atoms with Crippen molar-refractivity contribution < 1.29 is 4.74 Å². The predicted octanol–water partition coefficient (Wildman–Crippen LogP) is 3.30. The number of aromatic nitrogens is 1. The van der Waals surface area contributed by atoms with Crippen molar-refractivity contribution >= 4 is 23.5 Å². The number of pyridine rings is 1. The topological polar surface area (TPSA) is 22.1 Å². The minimum Gasteiger partial charge on any atom is -0.497 e. The van der Waals surface area contributed by atoms with E-state index in [-0.39, 0.29) is 0 Å². The molecule has 0 radical (unpaired) electrons. The lowest BCUT2D eigenvalue weighted by Crippen LogP contribution is -1.94. The lowest BCUT2D eigenvalue weighted by molar-refractivity contribution is 0.413. The highest BCUT2D eigenvalue weighted by Gasteiger charge is 2.11. The van der Waals surface area contributed by atoms with Crippen molar-refractivity contribution in [2.24, 2.45) is 0 Å². The molecular formula is C11H13NOS2. The van der Waals surface area contributed by atoms with Crippen LogP contribution in [0.2, 0.25) is 0 Å². The molecule has 0 fully saturated rings. The van der Waals surface area contributed by atoms with Crippen LogP contribution in [0.5, 0.6) is 5.75 Å². The van der Waals surface area contributed by atoms with Crippen LogP contribution in [0.25, 0.3) is 0 Å². The van der Waals surface area contributed by atoms with Crippen molar-refractivity contribution in [1.29, 1.82) is 0 Å². The summed E-state index contributed by atoms with van der Waals surface area (Å²) in [6, 6.07) is 3.88. The van der Waals surface area contributed by atoms with Crippen molar-refractivity contribution in [3.8, 4) is 5.75 Å². The Morgan fingerprint density at radius 1 is 1.67 bits per heavy atom. The van der Waals surface area contributed by atoms with Crippen molar-refractivity contribution in [2.75, 3.05) is 7.11 Å². The standard InChI is InChI=1S/C11H13NOS2/c1-13-10-4-5-12-9(7-10)8-15-11-3-2-6-14-11/h2,4-7,11H,3,8H2,1H3. The number of nitrogens with zero attached hydrogens (tertiary/aromatic N) is 1. The zero-order valence-electron chi connectivity index (χ0n) is 8.55. The third kappa shape index (κ3) is 3.18. The average molecular weight is 239 g/mol. The zero-order valence-corrected chi connectivity index (χ0v) is 10.2. The minimum atomic E-state index is 0.665. The summed E-state index contributed by atoms with van der Waals surface area (Å²) in [6.45, 7) is 0. The second kappa shape index (κ2) is 5.47. The fourth-order valence-electron chi connectivity index (χ4n) is 1.31. The summed E-state index contributed by atoms with van der Waals surface area (Å²) >= 11 is 3.83. The second-order valence-electron chi connectivity index (χ2n) is 3.17. The molecular weight excluding hydrogens is 226 g/mol. The van der Waals surface area contributed by atoms with E-state index in [0.717, 1.165) is 17.2 Å². The molecule has 1 aliphatic rings. The van der Waals surface area contributed by atoms with E-state index in [0.29, 0.717) is 4.58 Å². The highest BCUT2D eigenvalue weighted by atomic mass is 32.2. The maximum atomic E-state index is 5.16. The molecule has 0 aromatic carbocycles. The molecule has 0 saturated heterocycles. The van der Waals surface area contributed by atoms with Crippen LogP contribution in [0.4, 0.5) is 0 Å². The smallest absolute Gasteiger partial charge is 0.122 e. The van der Waals surface area contributed by atoms with Crippen molar-refractivity contribution in [3.05, 3.63) is 35.5 Å². The van der Waals surface area contributed by atoms with E-state index < -0.39 is 0 Å². The van der Waals surface area contributed by atoms with E-state index >= 15 is 0 Å². The van der Waals surface area contributed by atoms with Gasteiger partial charge >= 0.3 is 0 Å². The molecule has 1 aromatic heterocycles. The molecule has 4 heteroatoms. The number of rotatable bonds is 4. The van der Waals surface area contributed by atoms with Gasteiger partial charge in [0, 0.05) is 18.0 Å². The first-order valence-corrected chi connectivity index (χ1v) is 6.78. The third-order valence-corrected chi connectivity index (χ3v) is 4.71. The summed E-state index contributed by atoms with van der Waals surface area (Å²) in [4.78, 5) is 4.32. The molecule has 0 saturated carbocycles. The number of allylic oxidation sites excluding steroid dienone is 1. The van der Waals surface area contributed by atoms with Gasteiger partial charge in [-0.1, -0.05) is 6.08 Å². The number of hydrogen-bond acceptors (Lipinski definition) is 4. The minimum absolute atomic E-state index is 0.665. The second-order valence-corrected chi connectivity index (χ2v) is 5.77. The highest BCUT2D eigenvalue weighted by molar-refractivity contribution is 8.18. The summed E-state index contributed by atoms with van der Waals surface area (Å²) < 4.78 is 5.82. The molecule has 1 unspecified atom stereocenters. The van der Waals surface area contributed by atoms with Crippen LogP contribution in [0, 0.1) is 0 Å². The Morgan fingerprint density at radius 2 is 2.60 bits per heavy atom. The summed E-state index contributed by atoms with van der Waals surface area (Å²) in [5.41, 5.74) is 1.09. The fraction of sp³-hybridized carbons (Fsp3) is 0.364. The van der Waals surface area contributed by atoms with Gasteiger partial charge in [0.15, 0.2) is 0 Å². The van der Waals surface area contributed by atoms with Gasteiger partial charge in [0.25, 0.3) is 0 Å². The quantitative estimate of drug-likeness (QED) is 0.803. The first kappa shape index (κ1) is 10.9. The van der Waals surface area contributed by atoms with Crippen molar-refractivity contribution in [1.82, 2.24) is 4.98 Å². The molecule has 1 aliphatic heterocycles. The molecule has 2 heterocycles. The molecule has 0 aliphatic carbocycles. The van der Waals surface area contributed by atoms with Gasteiger partial charge in [-0.05, 0) is 17.9 Å². The number of methoxy groups -OCH3 is 1. The lowest BCUT2D eigenvalue weighted by Gasteiger charge is -2.08. The summed E-state index contributed by atoms with van der Waals surface area (Å²) in [5, 5.41) is 2.18. The van der Waals surface area contributed by atoms with E-state index in [1.165, 1.54) is 6.42 Å². The monoisotopic (exact) mass is 239 g/mol. The van der Waals surface area contributed by atoms with Gasteiger partial charge in [-0.25, -0.2) is 0 Å². The lowest BCUT2D eigenvalue weighted by atomic mass is 10.3. The summed E-state index contributed by atoms with van der Waals surface area (Å²) in [5.74, 6) is 1.84. The van der Waals surface area contributed by atoms with Gasteiger partial charge in [-0.2, -0.15) is 0 Å². The van der Waals surface area contributed by atoms with E-state index in [1.807, 2.05) is 35.7 Å². The van der Waals surface area contributed by atoms with Crippen LogP contribution in [-0.4, -0.2) is 16.7 Å². The summed E-state index contributed by atoms with van der Waals surface area (Å²) in [6.07, 6.45) is 5.19. The van der Waals surface area contributed by atoms with Gasteiger partial charge in [0.05, 0.1) is 17.4 Å². The van der Waals surface area contributed by atoms with E-state index in [1.54, 1.807) is 13.3 Å². The van der Waals surface area contributed by atoms with E-state index in [4.69, 9.17) is 4.74 Å². The largest absolute Gasteiger partial charge is 0.497 e. The fourth-order valence-corrected chi connectivity index (χ4v) is 3.41. The van der Waals surface area contributed by atoms with Crippen LogP contribution in [0.15, 0.2) is 29.8 Å². The average Bonchev–Trinajstić information content (AvgIpc) is 2.79.